The summed E-state index contributed by atoms with van der Waals surface area (Å²) < 4.78 is 0. The molecule has 1 aromatic carbocycles. The molecule has 0 spiro atoms. The van der Waals surface area contributed by atoms with Gasteiger partial charge in [0.05, 0.1) is 5.54 Å². The van der Waals surface area contributed by atoms with Crippen molar-refractivity contribution in [3.63, 3.8) is 0 Å². The number of hydrogen-bond acceptors (Lipinski definition) is 2. The molecule has 1 amide bonds. The van der Waals surface area contributed by atoms with Crippen molar-refractivity contribution in [1.29, 1.82) is 0 Å². The number of aryl methyl sites for hydroxylation is 1. The van der Waals surface area contributed by atoms with Gasteiger partial charge in [-0.25, -0.2) is 0 Å². The molecule has 0 radical (unpaired) electrons. The number of nitrogens with two attached hydrogens (primary N) is 1. The van der Waals surface area contributed by atoms with Gasteiger partial charge in [0.2, 0.25) is 5.91 Å². The predicted molar refractivity (Wildman–Crippen MR) is 82.3 cm³/mol. The van der Waals surface area contributed by atoms with Gasteiger partial charge in [-0.2, -0.15) is 0 Å². The lowest BCUT2D eigenvalue weighted by Crippen LogP contribution is -2.55. The minimum Gasteiger partial charge on any atom is -0.340 e. The molecule has 1 saturated carbocycles. The molecule has 3 nitrogen and oxygen atoms in total. The molecule has 20 heavy (non-hydrogen) atoms. The Bertz CT molecular complexity index is 447. The third-order valence-electron chi connectivity index (χ3n) is 4.37. The smallest absolute Gasteiger partial charge is 0.242 e. The van der Waals surface area contributed by atoms with E-state index in [-0.39, 0.29) is 5.91 Å². The number of carbonyl (C=O) groups is 1. The van der Waals surface area contributed by atoms with E-state index in [0.717, 1.165) is 37.7 Å². The van der Waals surface area contributed by atoms with Crippen LogP contribution in [0.1, 0.15) is 50.2 Å². The third-order valence-corrected chi connectivity index (χ3v) is 4.37. The van der Waals surface area contributed by atoms with Gasteiger partial charge in [0.25, 0.3) is 0 Å². The number of benzene rings is 1. The SMILES string of the molecule is CCc1ccc(CN(C)C(=O)C2(N)CCCCC2)cc1. The van der Waals surface area contributed by atoms with Crippen LogP contribution in [0.15, 0.2) is 24.3 Å². The predicted octanol–water partition coefficient (Wildman–Crippen LogP) is 2.87. The van der Waals surface area contributed by atoms with E-state index in [1.165, 1.54) is 12.0 Å². The van der Waals surface area contributed by atoms with Crippen LogP contribution >= 0.6 is 0 Å². The Morgan fingerprint density at radius 3 is 2.25 bits per heavy atom. The molecule has 0 bridgehead atoms. The molecule has 0 atom stereocenters. The minimum atomic E-state index is -0.629. The fourth-order valence-electron chi connectivity index (χ4n) is 3.00. The molecular weight excluding hydrogens is 248 g/mol. The van der Waals surface area contributed by atoms with Crippen LogP contribution in [-0.2, 0) is 17.8 Å². The summed E-state index contributed by atoms with van der Waals surface area (Å²) in [5.74, 6) is 0.0942. The zero-order chi connectivity index (χ0) is 14.6. The van der Waals surface area contributed by atoms with Crippen molar-refractivity contribution >= 4 is 5.91 Å². The van der Waals surface area contributed by atoms with Gasteiger partial charge in [-0.3, -0.25) is 4.79 Å². The summed E-state index contributed by atoms with van der Waals surface area (Å²) in [7, 11) is 1.86. The highest BCUT2D eigenvalue weighted by atomic mass is 16.2. The Labute approximate surface area is 122 Å². The number of hydrogen-bond donors (Lipinski definition) is 1. The average molecular weight is 274 g/mol. The van der Waals surface area contributed by atoms with Crippen LogP contribution in [0.2, 0.25) is 0 Å². The lowest BCUT2D eigenvalue weighted by atomic mass is 9.81. The Morgan fingerprint density at radius 2 is 1.70 bits per heavy atom. The standard InChI is InChI=1S/C17H26N2O/c1-3-14-7-9-15(10-8-14)13-19(2)16(20)17(18)11-5-4-6-12-17/h7-10H,3-6,11-13,18H2,1-2H3. The highest BCUT2D eigenvalue weighted by molar-refractivity contribution is 5.86. The molecule has 0 saturated heterocycles. The van der Waals surface area contributed by atoms with Crippen LogP contribution in [0.5, 0.6) is 0 Å². The first-order valence-corrected chi connectivity index (χ1v) is 7.67. The summed E-state index contributed by atoms with van der Waals surface area (Å²) in [5.41, 5.74) is 8.17. The fourth-order valence-corrected chi connectivity index (χ4v) is 3.00. The number of carbonyl (C=O) groups excluding carboxylic acids is 1. The summed E-state index contributed by atoms with van der Waals surface area (Å²) >= 11 is 0. The number of amides is 1. The molecule has 110 valence electrons. The average Bonchev–Trinajstić information content (AvgIpc) is 2.48. The maximum Gasteiger partial charge on any atom is 0.242 e. The second-order valence-corrected chi connectivity index (χ2v) is 6.05. The minimum absolute atomic E-state index is 0.0942. The van der Waals surface area contributed by atoms with Crippen LogP contribution in [0, 0.1) is 0 Å². The van der Waals surface area contributed by atoms with Crippen LogP contribution in [0.25, 0.3) is 0 Å². The van der Waals surface area contributed by atoms with Crippen molar-refractivity contribution < 1.29 is 4.79 Å². The van der Waals surface area contributed by atoms with E-state index in [4.69, 9.17) is 5.73 Å². The lowest BCUT2D eigenvalue weighted by molar-refractivity contribution is -0.137. The Morgan fingerprint density at radius 1 is 1.15 bits per heavy atom. The fraction of sp³-hybridized carbons (Fsp3) is 0.588. The molecule has 2 N–H and O–H groups in total. The summed E-state index contributed by atoms with van der Waals surface area (Å²) in [5, 5.41) is 0. The molecule has 0 aliphatic heterocycles. The van der Waals surface area contributed by atoms with Crippen molar-refractivity contribution in [1.82, 2.24) is 4.90 Å². The highest BCUT2D eigenvalue weighted by Gasteiger charge is 2.37. The lowest BCUT2D eigenvalue weighted by Gasteiger charge is -2.35. The molecule has 0 aromatic heterocycles. The van der Waals surface area contributed by atoms with Gasteiger partial charge in [-0.05, 0) is 30.4 Å². The molecule has 2 rings (SSSR count). The van der Waals surface area contributed by atoms with E-state index in [0.29, 0.717) is 6.54 Å². The van der Waals surface area contributed by atoms with Crippen LogP contribution in [0.4, 0.5) is 0 Å². The monoisotopic (exact) mass is 274 g/mol. The summed E-state index contributed by atoms with van der Waals surface area (Å²) in [6.45, 7) is 2.79. The topological polar surface area (TPSA) is 46.3 Å². The molecular formula is C17H26N2O. The first-order chi connectivity index (χ1) is 9.55. The Kier molecular flexibility index (Phi) is 4.81. The van der Waals surface area contributed by atoms with Crippen LogP contribution in [0.3, 0.4) is 0 Å². The van der Waals surface area contributed by atoms with E-state index < -0.39 is 5.54 Å². The van der Waals surface area contributed by atoms with Crippen molar-refractivity contribution in [2.24, 2.45) is 5.73 Å². The van der Waals surface area contributed by atoms with Gasteiger partial charge in [-0.15, -0.1) is 0 Å². The largest absolute Gasteiger partial charge is 0.340 e. The maximum absolute atomic E-state index is 12.5. The quantitative estimate of drug-likeness (QED) is 0.917. The normalized spacial score (nSPS) is 17.8. The van der Waals surface area contributed by atoms with E-state index in [2.05, 4.69) is 31.2 Å². The molecule has 1 aliphatic rings. The van der Waals surface area contributed by atoms with Gasteiger partial charge in [0, 0.05) is 13.6 Å². The van der Waals surface area contributed by atoms with Gasteiger partial charge in [-0.1, -0.05) is 50.5 Å². The van der Waals surface area contributed by atoms with Crippen molar-refractivity contribution in [2.45, 2.75) is 57.5 Å². The summed E-state index contributed by atoms with van der Waals surface area (Å²) in [4.78, 5) is 14.3. The number of rotatable bonds is 4. The highest BCUT2D eigenvalue weighted by Crippen LogP contribution is 2.27. The third kappa shape index (κ3) is 3.40. The Hall–Kier alpha value is -1.35. The van der Waals surface area contributed by atoms with E-state index in [9.17, 15) is 4.79 Å². The van der Waals surface area contributed by atoms with Crippen molar-refractivity contribution in [2.75, 3.05) is 7.05 Å². The number of nitrogens with zero attached hydrogens (tertiary/aromatic N) is 1. The Balaban J connectivity index is 1.99. The van der Waals surface area contributed by atoms with E-state index >= 15 is 0 Å². The molecule has 1 aliphatic carbocycles. The molecule has 3 heteroatoms. The first-order valence-electron chi connectivity index (χ1n) is 7.67. The zero-order valence-electron chi connectivity index (χ0n) is 12.7. The molecule has 0 heterocycles. The number of likely N-dealkylation sites (N-methyl/N-ethyl adjacent to an activating group) is 1. The molecule has 1 aromatic rings. The molecule has 0 unspecified atom stereocenters. The van der Waals surface area contributed by atoms with Gasteiger partial charge in [0.1, 0.15) is 0 Å². The van der Waals surface area contributed by atoms with Gasteiger partial charge < -0.3 is 10.6 Å². The molecule has 1 fully saturated rings. The summed E-state index contributed by atoms with van der Waals surface area (Å²) in [6, 6.07) is 8.47. The second-order valence-electron chi connectivity index (χ2n) is 6.05. The van der Waals surface area contributed by atoms with Gasteiger partial charge >= 0.3 is 0 Å². The van der Waals surface area contributed by atoms with Crippen molar-refractivity contribution in [3.05, 3.63) is 35.4 Å². The maximum atomic E-state index is 12.5. The van der Waals surface area contributed by atoms with E-state index in [1.807, 2.05) is 7.05 Å². The van der Waals surface area contributed by atoms with Crippen LogP contribution < -0.4 is 5.73 Å². The zero-order valence-corrected chi connectivity index (χ0v) is 12.7. The summed E-state index contributed by atoms with van der Waals surface area (Å²) in [6.07, 6.45) is 6.04. The van der Waals surface area contributed by atoms with Crippen LogP contribution in [-0.4, -0.2) is 23.4 Å². The van der Waals surface area contributed by atoms with E-state index in [1.54, 1.807) is 4.90 Å². The second kappa shape index (κ2) is 6.40. The van der Waals surface area contributed by atoms with Gasteiger partial charge in [0.15, 0.2) is 0 Å². The first kappa shape index (κ1) is 15.0. The van der Waals surface area contributed by atoms with Crippen molar-refractivity contribution in [3.8, 4) is 0 Å².